The summed E-state index contributed by atoms with van der Waals surface area (Å²) < 4.78 is 103. The Balaban J connectivity index is 1.30. The van der Waals surface area contributed by atoms with Gasteiger partial charge in [-0.2, -0.15) is 8.78 Å². The minimum atomic E-state index is -4.62. The van der Waals surface area contributed by atoms with E-state index in [4.69, 9.17) is 0 Å². The van der Waals surface area contributed by atoms with Gasteiger partial charge in [-0.05, 0) is 72.3 Å². The molecule has 8 heteroatoms. The van der Waals surface area contributed by atoms with E-state index in [1.54, 1.807) is 12.1 Å². The zero-order chi connectivity index (χ0) is 27.0. The SMILES string of the molecule is Fc1cc(OC(F)(F)c2c(F)cc(-c3ccc(C4CCC(C5CCCC5)CC4)cc3)cc2F)cc(F)c1F. The molecule has 2 fully saturated rings. The van der Waals surface area contributed by atoms with Crippen molar-refractivity contribution in [1.29, 1.82) is 0 Å². The Morgan fingerprint density at radius 2 is 1.13 bits per heavy atom. The van der Waals surface area contributed by atoms with E-state index in [9.17, 15) is 30.7 Å². The molecule has 0 unspecified atom stereocenters. The summed E-state index contributed by atoms with van der Waals surface area (Å²) in [7, 11) is 0. The molecule has 2 saturated carbocycles. The maximum Gasteiger partial charge on any atom is 0.432 e. The smallest absolute Gasteiger partial charge is 0.429 e. The fourth-order valence-corrected chi connectivity index (χ4v) is 6.11. The van der Waals surface area contributed by atoms with Crippen LogP contribution in [0.25, 0.3) is 11.1 Å². The van der Waals surface area contributed by atoms with Gasteiger partial charge in [0, 0.05) is 12.1 Å². The summed E-state index contributed by atoms with van der Waals surface area (Å²) in [4.78, 5) is 0. The predicted molar refractivity (Wildman–Crippen MR) is 129 cm³/mol. The van der Waals surface area contributed by atoms with Crippen molar-refractivity contribution >= 4 is 0 Å². The van der Waals surface area contributed by atoms with E-state index in [0.717, 1.165) is 42.4 Å². The molecule has 0 amide bonds. The fraction of sp³-hybridized carbons (Fsp3) is 0.400. The molecule has 0 saturated heterocycles. The third kappa shape index (κ3) is 5.40. The Kier molecular flexibility index (Phi) is 7.43. The summed E-state index contributed by atoms with van der Waals surface area (Å²) in [5.41, 5.74) is -0.0727. The molecule has 202 valence electrons. The van der Waals surface area contributed by atoms with Crippen molar-refractivity contribution in [3.63, 3.8) is 0 Å². The molecule has 0 spiro atoms. The van der Waals surface area contributed by atoms with Crippen molar-refractivity contribution in [3.8, 4) is 16.9 Å². The molecule has 0 atom stereocenters. The van der Waals surface area contributed by atoms with E-state index in [0.29, 0.717) is 11.5 Å². The van der Waals surface area contributed by atoms with E-state index in [-0.39, 0.29) is 17.7 Å². The number of halogens is 7. The van der Waals surface area contributed by atoms with Crippen LogP contribution in [0.5, 0.6) is 5.75 Å². The molecular formula is C30H27F7O. The second-order valence-electron chi connectivity index (χ2n) is 10.4. The largest absolute Gasteiger partial charge is 0.432 e. The van der Waals surface area contributed by atoms with Crippen LogP contribution in [0.3, 0.4) is 0 Å². The van der Waals surface area contributed by atoms with Crippen molar-refractivity contribution < 1.29 is 35.5 Å². The third-order valence-electron chi connectivity index (χ3n) is 8.09. The van der Waals surface area contributed by atoms with Gasteiger partial charge < -0.3 is 4.74 Å². The highest BCUT2D eigenvalue weighted by Crippen LogP contribution is 2.44. The molecule has 3 aromatic rings. The Morgan fingerprint density at radius 1 is 0.605 bits per heavy atom. The molecule has 3 aromatic carbocycles. The minimum Gasteiger partial charge on any atom is -0.429 e. The molecule has 2 aliphatic rings. The summed E-state index contributed by atoms with van der Waals surface area (Å²) in [6.07, 6.45) is 5.38. The number of hydrogen-bond donors (Lipinski definition) is 0. The van der Waals surface area contributed by atoms with Crippen molar-refractivity contribution in [2.45, 2.75) is 63.4 Å². The minimum absolute atomic E-state index is 0.0508. The van der Waals surface area contributed by atoms with Gasteiger partial charge in [-0.3, -0.25) is 0 Å². The van der Waals surface area contributed by atoms with Crippen LogP contribution in [-0.4, -0.2) is 0 Å². The predicted octanol–water partition coefficient (Wildman–Crippen LogP) is 9.64. The lowest BCUT2D eigenvalue weighted by Gasteiger charge is -2.32. The van der Waals surface area contributed by atoms with Gasteiger partial charge in [0.2, 0.25) is 0 Å². The van der Waals surface area contributed by atoms with E-state index in [2.05, 4.69) is 4.74 Å². The first-order valence-electron chi connectivity index (χ1n) is 12.9. The summed E-state index contributed by atoms with van der Waals surface area (Å²) in [5.74, 6) is -7.66. The normalized spacial score (nSPS) is 20.6. The van der Waals surface area contributed by atoms with Crippen LogP contribution in [0, 0.1) is 40.9 Å². The first-order valence-corrected chi connectivity index (χ1v) is 12.9. The summed E-state index contributed by atoms with van der Waals surface area (Å²) in [6.45, 7) is 0. The first kappa shape index (κ1) is 26.6. The highest BCUT2D eigenvalue weighted by molar-refractivity contribution is 5.64. The number of alkyl halides is 2. The van der Waals surface area contributed by atoms with Gasteiger partial charge in [-0.1, -0.05) is 49.9 Å². The molecule has 0 aromatic heterocycles. The van der Waals surface area contributed by atoms with Gasteiger partial charge in [0.25, 0.3) is 0 Å². The van der Waals surface area contributed by atoms with Gasteiger partial charge >= 0.3 is 6.11 Å². The van der Waals surface area contributed by atoms with Crippen LogP contribution in [0.4, 0.5) is 30.7 Å². The van der Waals surface area contributed by atoms with Gasteiger partial charge in [-0.15, -0.1) is 0 Å². The number of benzene rings is 3. The zero-order valence-electron chi connectivity index (χ0n) is 20.6. The molecule has 0 aliphatic heterocycles. The second kappa shape index (κ2) is 10.6. The average Bonchev–Trinajstić information content (AvgIpc) is 3.42. The van der Waals surface area contributed by atoms with Crippen molar-refractivity contribution in [2.75, 3.05) is 0 Å². The van der Waals surface area contributed by atoms with Crippen LogP contribution >= 0.6 is 0 Å². The van der Waals surface area contributed by atoms with Gasteiger partial charge in [-0.25, -0.2) is 22.0 Å². The fourth-order valence-electron chi connectivity index (χ4n) is 6.11. The topological polar surface area (TPSA) is 9.23 Å². The standard InChI is InChI=1S/C30H27F7O/c31-24-13-22(14-25(32)28(24)30(36,37)38-23-15-26(33)29(35)27(34)16-23)21-11-9-20(10-12-21)19-7-5-18(6-8-19)17-3-1-2-4-17/h9-19H,1-8H2. The number of ether oxygens (including phenoxy) is 1. The molecule has 0 bridgehead atoms. The second-order valence-corrected chi connectivity index (χ2v) is 10.4. The maximum atomic E-state index is 14.7. The van der Waals surface area contributed by atoms with Crippen molar-refractivity contribution in [2.24, 2.45) is 11.8 Å². The average molecular weight is 537 g/mol. The molecule has 1 nitrogen and oxygen atoms in total. The van der Waals surface area contributed by atoms with Crippen molar-refractivity contribution in [1.82, 2.24) is 0 Å². The van der Waals surface area contributed by atoms with E-state index in [1.165, 1.54) is 38.5 Å². The quantitative estimate of drug-likeness (QED) is 0.225. The van der Waals surface area contributed by atoms with E-state index < -0.39 is 46.5 Å². The maximum absolute atomic E-state index is 14.7. The monoisotopic (exact) mass is 536 g/mol. The lowest BCUT2D eigenvalue weighted by Crippen LogP contribution is -2.25. The first-order chi connectivity index (χ1) is 18.1. The van der Waals surface area contributed by atoms with Crippen LogP contribution in [-0.2, 0) is 6.11 Å². The van der Waals surface area contributed by atoms with Gasteiger partial charge in [0.15, 0.2) is 17.5 Å². The molecular weight excluding hydrogens is 509 g/mol. The number of hydrogen-bond acceptors (Lipinski definition) is 1. The molecule has 0 radical (unpaired) electrons. The highest BCUT2D eigenvalue weighted by Gasteiger charge is 2.41. The van der Waals surface area contributed by atoms with Crippen molar-refractivity contribution in [3.05, 3.63) is 88.7 Å². The highest BCUT2D eigenvalue weighted by atomic mass is 19.3. The Labute approximate surface area is 216 Å². The number of rotatable bonds is 6. The Bertz CT molecular complexity index is 1240. The lowest BCUT2D eigenvalue weighted by molar-refractivity contribution is -0.189. The third-order valence-corrected chi connectivity index (χ3v) is 8.09. The van der Waals surface area contributed by atoms with E-state index >= 15 is 0 Å². The zero-order valence-corrected chi connectivity index (χ0v) is 20.6. The molecule has 5 rings (SSSR count). The molecule has 0 heterocycles. The summed E-state index contributed by atoms with van der Waals surface area (Å²) >= 11 is 0. The van der Waals surface area contributed by atoms with Crippen LogP contribution < -0.4 is 4.74 Å². The Morgan fingerprint density at radius 3 is 1.68 bits per heavy atom. The van der Waals surface area contributed by atoms with Crippen LogP contribution in [0.1, 0.15) is 68.4 Å². The summed E-state index contributed by atoms with van der Waals surface area (Å²) in [5, 5.41) is 0. The van der Waals surface area contributed by atoms with Gasteiger partial charge in [0.1, 0.15) is 22.9 Å². The molecule has 2 aliphatic carbocycles. The van der Waals surface area contributed by atoms with E-state index in [1.807, 2.05) is 12.1 Å². The van der Waals surface area contributed by atoms with Crippen LogP contribution in [0.2, 0.25) is 0 Å². The van der Waals surface area contributed by atoms with Gasteiger partial charge in [0.05, 0.1) is 0 Å². The van der Waals surface area contributed by atoms with Crippen LogP contribution in [0.15, 0.2) is 48.5 Å². The lowest BCUT2D eigenvalue weighted by atomic mass is 9.73. The molecule has 38 heavy (non-hydrogen) atoms. The Hall–Kier alpha value is -3.03. The molecule has 0 N–H and O–H groups in total. The summed E-state index contributed by atoms with van der Waals surface area (Å²) in [6, 6.07) is 9.09.